The van der Waals surface area contributed by atoms with Gasteiger partial charge in [0.2, 0.25) is 0 Å². The number of carbonyl (C=O) groups is 4. The fraction of sp³-hybridized carbons (Fsp3) is 0.852. The maximum atomic E-state index is 14.8. The second kappa shape index (κ2) is 21.7. The predicted octanol–water partition coefficient (Wildman–Crippen LogP) is 17.6. The van der Waals surface area contributed by atoms with E-state index >= 15 is 0 Å². The number of esters is 4. The van der Waals surface area contributed by atoms with E-state index in [1.165, 1.54) is 31.3 Å². The second-order valence-corrected chi connectivity index (χ2v) is 37.1. The van der Waals surface area contributed by atoms with Gasteiger partial charge in [-0.15, -0.1) is 0 Å². The van der Waals surface area contributed by atoms with Crippen molar-refractivity contribution in [3.8, 4) is 0 Å². The van der Waals surface area contributed by atoms with Crippen molar-refractivity contribution in [3.05, 3.63) is 46.6 Å². The van der Waals surface area contributed by atoms with Gasteiger partial charge in [-0.1, -0.05) is 102 Å². The molecule has 0 amide bonds. The molecule has 0 bridgehead atoms. The first kappa shape index (κ1) is 61.7. The summed E-state index contributed by atoms with van der Waals surface area (Å²) in [5.74, 6) is 7.41. The lowest BCUT2D eigenvalue weighted by Gasteiger charge is -2.58. The first-order valence-electron chi connectivity index (χ1n) is 38.1. The first-order valence-corrected chi connectivity index (χ1v) is 38.1. The largest absolute Gasteiger partial charge is 0.469 e. The molecule has 0 spiro atoms. The van der Waals surface area contributed by atoms with Gasteiger partial charge in [0.05, 0.1) is 36.9 Å². The Balaban J connectivity index is 0.516. The number of allylic oxidation sites excluding steroid dienone is 4. The van der Waals surface area contributed by atoms with Gasteiger partial charge in [0.25, 0.3) is 0 Å². The minimum atomic E-state index is -0.180. The van der Waals surface area contributed by atoms with Crippen molar-refractivity contribution in [3.63, 3.8) is 0 Å². The monoisotopic (exact) mass is 1230 g/mol. The smallest absolute Gasteiger partial charge is 0.309 e. The average Bonchev–Trinajstić information content (AvgIpc) is 1.37. The first-order chi connectivity index (χ1) is 43.0. The minimum absolute atomic E-state index is 0.000981. The number of methoxy groups -OCH3 is 1. The fourth-order valence-corrected chi connectivity index (χ4v) is 29.3. The van der Waals surface area contributed by atoms with Crippen LogP contribution in [0.15, 0.2) is 46.6 Å². The summed E-state index contributed by atoms with van der Waals surface area (Å²) in [6.07, 6.45) is 43.5. The maximum Gasteiger partial charge on any atom is 0.309 e. The number of hydrogen-bond acceptors (Lipinski definition) is 9. The number of aliphatic hydroxyl groups excluding tert-OH is 1. The van der Waals surface area contributed by atoms with E-state index in [0.717, 1.165) is 180 Å². The van der Waals surface area contributed by atoms with Crippen molar-refractivity contribution in [2.75, 3.05) is 7.11 Å². The lowest BCUT2D eigenvalue weighted by molar-refractivity contribution is -0.166. The summed E-state index contributed by atoms with van der Waals surface area (Å²) in [4.78, 5) is 56.8. The fourth-order valence-electron chi connectivity index (χ4n) is 29.3. The SMILES string of the molecule is COC(=O)[C@H]1CC[C@H]2[C@@H]3CC=C4C[C@@H](OC(=O)[C@H]5CC[C@H]6[C@@H]7CC=C8C[C@@H](OC(=O)[C@H]9CC[C@H]%10[C@@H]%11CC=C%12C[C@@H](OC(=O)[C@H]%13CC[C@H]%14[C@@H]%15CC=C%16C[C@@H](O)CC[C@]%16(C)[C@H]%15CC[C@]%13%14C)CC[C@]%12(C)[C@H]%11CC[C@]9%10C)CC[C@]8(C)[C@H]7CC[C@]56C)CC[C@]4(C)[C@H]3CC[C@]12C. The maximum absolute atomic E-state index is 14.8. The molecule has 0 radical (unpaired) electrons. The summed E-state index contributed by atoms with van der Waals surface area (Å²) in [6, 6.07) is 0. The molecule has 0 unspecified atom stereocenters. The molecular weight excluding hydrogens is 1120 g/mol. The number of carbonyl (C=O) groups excluding carboxylic acids is 4. The van der Waals surface area contributed by atoms with E-state index in [1.54, 1.807) is 23.8 Å². The minimum Gasteiger partial charge on any atom is -0.469 e. The highest BCUT2D eigenvalue weighted by Crippen LogP contribution is 2.72. The zero-order valence-corrected chi connectivity index (χ0v) is 57.2. The Labute approximate surface area is 541 Å². The topological polar surface area (TPSA) is 125 Å². The molecule has 0 aromatic heterocycles. The van der Waals surface area contributed by atoms with E-state index < -0.39 is 0 Å². The van der Waals surface area contributed by atoms with Crippen LogP contribution in [0.1, 0.15) is 261 Å². The number of hydrogen-bond donors (Lipinski definition) is 1. The van der Waals surface area contributed by atoms with Gasteiger partial charge in [-0.3, -0.25) is 19.2 Å². The quantitative estimate of drug-likeness (QED) is 0.151. The molecule has 90 heavy (non-hydrogen) atoms. The molecule has 9 nitrogen and oxygen atoms in total. The average molecular weight is 1230 g/mol. The number of aliphatic hydroxyl groups is 1. The van der Waals surface area contributed by atoms with Crippen LogP contribution in [-0.2, 0) is 38.1 Å². The van der Waals surface area contributed by atoms with Crippen molar-refractivity contribution in [1.29, 1.82) is 0 Å². The van der Waals surface area contributed by atoms with Gasteiger partial charge >= 0.3 is 23.9 Å². The zero-order chi connectivity index (χ0) is 62.5. The van der Waals surface area contributed by atoms with E-state index in [2.05, 4.69) is 79.7 Å². The Kier molecular flexibility index (Phi) is 14.8. The van der Waals surface area contributed by atoms with Crippen molar-refractivity contribution in [2.24, 2.45) is 138 Å². The molecule has 1 N–H and O–H groups in total. The summed E-state index contributed by atoms with van der Waals surface area (Å²) < 4.78 is 25.5. The van der Waals surface area contributed by atoms with E-state index in [1.807, 2.05) is 0 Å². The third kappa shape index (κ3) is 8.89. The van der Waals surface area contributed by atoms with Crippen LogP contribution in [0, 0.1) is 138 Å². The Morgan fingerprint density at radius 3 is 0.889 bits per heavy atom. The highest BCUT2D eigenvalue weighted by atomic mass is 16.6. The van der Waals surface area contributed by atoms with E-state index in [-0.39, 0.29) is 115 Å². The summed E-state index contributed by atoms with van der Waals surface area (Å²) in [6.45, 7) is 19.9. The molecule has 12 fully saturated rings. The Hall–Kier alpha value is -3.20. The van der Waals surface area contributed by atoms with Crippen molar-refractivity contribution < 1.29 is 43.2 Å². The molecule has 16 aliphatic carbocycles. The van der Waals surface area contributed by atoms with E-state index in [9.17, 15) is 24.3 Å². The van der Waals surface area contributed by atoms with E-state index in [4.69, 9.17) is 18.9 Å². The van der Waals surface area contributed by atoms with Gasteiger partial charge in [0.1, 0.15) is 18.3 Å². The molecule has 0 heterocycles. The van der Waals surface area contributed by atoms with Gasteiger partial charge in [0, 0.05) is 19.3 Å². The summed E-state index contributed by atoms with van der Waals surface area (Å²) in [5, 5.41) is 10.5. The van der Waals surface area contributed by atoms with Crippen molar-refractivity contribution >= 4 is 23.9 Å². The number of fused-ring (bicyclic) bond motifs is 20. The Morgan fingerprint density at radius 1 is 0.333 bits per heavy atom. The lowest BCUT2D eigenvalue weighted by atomic mass is 9.47. The van der Waals surface area contributed by atoms with E-state index in [0.29, 0.717) is 71.0 Å². The van der Waals surface area contributed by atoms with Gasteiger partial charge in [-0.05, 0) is 301 Å². The Bertz CT molecular complexity index is 3060. The molecule has 494 valence electrons. The van der Waals surface area contributed by atoms with Crippen LogP contribution in [0.2, 0.25) is 0 Å². The molecule has 9 heteroatoms. The molecule has 0 aromatic rings. The van der Waals surface area contributed by atoms with Gasteiger partial charge in [-0.25, -0.2) is 0 Å². The van der Waals surface area contributed by atoms with Crippen molar-refractivity contribution in [2.45, 2.75) is 285 Å². The molecule has 0 aromatic carbocycles. The molecule has 0 saturated heterocycles. The normalized spacial score (nSPS) is 53.5. The molecule has 0 aliphatic heterocycles. The van der Waals surface area contributed by atoms with Gasteiger partial charge in [-0.2, -0.15) is 0 Å². The van der Waals surface area contributed by atoms with Gasteiger partial charge < -0.3 is 24.1 Å². The van der Waals surface area contributed by atoms with Crippen LogP contribution >= 0.6 is 0 Å². The van der Waals surface area contributed by atoms with Gasteiger partial charge in [0.15, 0.2) is 0 Å². The number of ether oxygens (including phenoxy) is 4. The highest BCUT2D eigenvalue weighted by Gasteiger charge is 2.66. The third-order valence-electron chi connectivity index (χ3n) is 34.4. The standard InChI is InChI=1S/C81H116O9/c1-74-34-26-50(82)42-46(74)10-14-54-59-19-23-67(79(59,6)39-31-62(54)74)71(84)88-52-28-36-76(3)48(44-52)12-16-56-61-21-25-69(81(61,8)41-33-64(56)76)73(86)90-53-29-37-77(4)49(45-53)13-17-57-60-20-24-68(80(60,7)40-32-65(57)77)72(85)89-51-27-35-75(2)47(43-51)11-15-55-58-18-22-66(70(83)87-9)78(58,5)38-30-63(55)75/h10-13,50-69,82H,14-45H2,1-9H3/t50-,51-,52-,53-,54-,55-,56-,57-,58-,59-,60-,61-,62-,63-,64-,65-,66+,67+,68+,69+,74-,75-,76-,77-,78-,79-,80-,81-/m0/s1. The van der Waals surface area contributed by atoms with Crippen LogP contribution in [0.4, 0.5) is 0 Å². The third-order valence-corrected chi connectivity index (χ3v) is 34.4. The highest BCUT2D eigenvalue weighted by molar-refractivity contribution is 5.76. The van der Waals surface area contributed by atoms with Crippen LogP contribution in [0.3, 0.4) is 0 Å². The van der Waals surface area contributed by atoms with Crippen molar-refractivity contribution in [1.82, 2.24) is 0 Å². The molecular formula is C81H116O9. The summed E-state index contributed by atoms with van der Waals surface area (Å²) >= 11 is 0. The van der Waals surface area contributed by atoms with Crippen LogP contribution in [0.5, 0.6) is 0 Å². The summed E-state index contributed by atoms with van der Waals surface area (Å²) in [5.41, 5.74) is 6.77. The molecule has 16 aliphatic rings. The lowest BCUT2D eigenvalue weighted by Crippen LogP contribution is -2.52. The zero-order valence-electron chi connectivity index (χ0n) is 57.2. The number of rotatable bonds is 7. The second-order valence-electron chi connectivity index (χ2n) is 37.1. The van der Waals surface area contributed by atoms with Crippen LogP contribution < -0.4 is 0 Å². The molecule has 12 saturated carbocycles. The molecule has 16 rings (SSSR count). The summed E-state index contributed by atoms with van der Waals surface area (Å²) in [7, 11) is 1.56. The van der Waals surface area contributed by atoms with Crippen LogP contribution in [0.25, 0.3) is 0 Å². The Morgan fingerprint density at radius 2 is 0.600 bits per heavy atom. The predicted molar refractivity (Wildman–Crippen MR) is 348 cm³/mol. The molecule has 28 atom stereocenters. The van der Waals surface area contributed by atoms with Crippen LogP contribution in [-0.4, -0.2) is 60.5 Å².